The molecule has 0 fully saturated rings. The summed E-state index contributed by atoms with van der Waals surface area (Å²) in [7, 11) is 0. The second-order valence-electron chi connectivity index (χ2n) is 8.46. The minimum absolute atomic E-state index is 0.222. The van der Waals surface area contributed by atoms with Crippen LogP contribution in [0.15, 0.2) is 48.8 Å². The van der Waals surface area contributed by atoms with Crippen LogP contribution in [0, 0.1) is 0 Å². The van der Waals surface area contributed by atoms with E-state index in [-0.39, 0.29) is 5.95 Å². The Morgan fingerprint density at radius 1 is 1.12 bits per heavy atom. The zero-order valence-corrected chi connectivity index (χ0v) is 19.1. The molecule has 0 unspecified atom stereocenters. The van der Waals surface area contributed by atoms with Crippen LogP contribution in [0.2, 0.25) is 0 Å². The number of nitrogens with one attached hydrogen (secondary N) is 1. The third kappa shape index (κ3) is 5.56. The smallest absolute Gasteiger partial charge is 0.222 e. The van der Waals surface area contributed by atoms with Crippen molar-refractivity contribution in [2.45, 2.75) is 45.8 Å². The Morgan fingerprint density at radius 2 is 1.91 bits per heavy atom. The molecule has 0 bridgehead atoms. The van der Waals surface area contributed by atoms with Crippen molar-refractivity contribution in [3.63, 3.8) is 0 Å². The summed E-state index contributed by atoms with van der Waals surface area (Å²) in [5, 5.41) is 18.0. The number of aromatic nitrogens is 5. The van der Waals surface area contributed by atoms with Gasteiger partial charge < -0.3 is 20.9 Å². The van der Waals surface area contributed by atoms with Crippen LogP contribution in [-0.4, -0.2) is 36.4 Å². The van der Waals surface area contributed by atoms with Crippen LogP contribution in [0.1, 0.15) is 44.7 Å². The molecule has 0 aliphatic carbocycles. The molecule has 33 heavy (non-hydrogen) atoms. The number of nitrogens with zero attached hydrogens (tertiary/aromatic N) is 5. The zero-order valence-electron chi connectivity index (χ0n) is 19.1. The van der Waals surface area contributed by atoms with Crippen molar-refractivity contribution in [2.24, 2.45) is 0 Å². The average molecular weight is 448 g/mol. The van der Waals surface area contributed by atoms with Gasteiger partial charge in [-0.05, 0) is 43.5 Å². The van der Waals surface area contributed by atoms with Gasteiger partial charge >= 0.3 is 0 Å². The maximum atomic E-state index is 10.1. The van der Waals surface area contributed by atoms with Gasteiger partial charge in [-0.3, -0.25) is 4.68 Å². The van der Waals surface area contributed by atoms with Gasteiger partial charge in [0.2, 0.25) is 11.8 Å². The van der Waals surface area contributed by atoms with Gasteiger partial charge in [-0.2, -0.15) is 10.1 Å². The van der Waals surface area contributed by atoms with Crippen molar-refractivity contribution < 1.29 is 9.84 Å². The summed E-state index contributed by atoms with van der Waals surface area (Å²) in [6, 6.07) is 11.1. The zero-order chi connectivity index (χ0) is 23.4. The first-order valence-corrected chi connectivity index (χ1v) is 11.0. The number of nitrogens with two attached hydrogens (primary N) is 1. The summed E-state index contributed by atoms with van der Waals surface area (Å²) in [6.45, 7) is 6.96. The molecule has 3 heterocycles. The number of pyridine rings is 1. The van der Waals surface area contributed by atoms with Crippen molar-refractivity contribution in [1.82, 2.24) is 24.7 Å². The molecule has 1 aromatic carbocycles. The standard InChI is InChI=1S/C24H29N7O2/c1-4-5-12-26-22-21-19(28-23(25)29-22)15-31(30-21)14-16-6-11-20(27-13-16)33-18-9-7-17(8-10-18)24(2,3)32/h6-11,13,15,32H,4-5,12,14H2,1-3H3,(H3,25,26,28,29). The summed E-state index contributed by atoms with van der Waals surface area (Å²) in [6.07, 6.45) is 5.74. The van der Waals surface area contributed by atoms with Gasteiger partial charge in [0.15, 0.2) is 11.3 Å². The molecule has 4 aromatic rings. The van der Waals surface area contributed by atoms with E-state index in [2.05, 4.69) is 32.3 Å². The number of benzene rings is 1. The Kier molecular flexibility index (Phi) is 6.41. The molecule has 0 atom stereocenters. The maximum absolute atomic E-state index is 10.1. The van der Waals surface area contributed by atoms with Gasteiger partial charge in [0.1, 0.15) is 11.3 Å². The van der Waals surface area contributed by atoms with E-state index < -0.39 is 5.60 Å². The molecule has 0 spiro atoms. The molecule has 0 aliphatic rings. The highest BCUT2D eigenvalue weighted by Crippen LogP contribution is 2.25. The number of anilines is 2. The summed E-state index contributed by atoms with van der Waals surface area (Å²) in [5.74, 6) is 2.02. The Balaban J connectivity index is 1.45. The predicted octanol–water partition coefficient (Wildman–Crippen LogP) is 4.08. The highest BCUT2D eigenvalue weighted by atomic mass is 16.5. The Hall–Kier alpha value is -3.72. The van der Waals surface area contributed by atoms with Crippen LogP contribution in [0.25, 0.3) is 11.0 Å². The number of hydrogen-bond acceptors (Lipinski definition) is 8. The molecule has 0 radical (unpaired) electrons. The lowest BCUT2D eigenvalue weighted by molar-refractivity contribution is 0.0785. The molecule has 0 aliphatic heterocycles. The van der Waals surface area contributed by atoms with Crippen LogP contribution in [0.3, 0.4) is 0 Å². The van der Waals surface area contributed by atoms with E-state index in [0.717, 1.165) is 30.5 Å². The quantitative estimate of drug-likeness (QED) is 0.328. The lowest BCUT2D eigenvalue weighted by Gasteiger charge is -2.17. The van der Waals surface area contributed by atoms with Crippen LogP contribution in [-0.2, 0) is 12.1 Å². The van der Waals surface area contributed by atoms with E-state index in [1.807, 2.05) is 42.6 Å². The molecular weight excluding hydrogens is 418 g/mol. The SMILES string of the molecule is CCCCNc1nc(N)nc2cn(Cc3ccc(Oc4ccc(C(C)(C)O)cc4)nc3)nc12. The van der Waals surface area contributed by atoms with E-state index in [1.165, 1.54) is 0 Å². The molecule has 9 heteroatoms. The lowest BCUT2D eigenvalue weighted by atomic mass is 9.99. The summed E-state index contributed by atoms with van der Waals surface area (Å²) in [5.41, 5.74) is 8.16. The molecule has 4 rings (SSSR count). The fraction of sp³-hybridized carbons (Fsp3) is 0.333. The first-order chi connectivity index (χ1) is 15.8. The number of unbranched alkanes of at least 4 members (excludes halogenated alkanes) is 1. The van der Waals surface area contributed by atoms with E-state index in [4.69, 9.17) is 10.5 Å². The monoisotopic (exact) mass is 447 g/mol. The minimum Gasteiger partial charge on any atom is -0.439 e. The van der Waals surface area contributed by atoms with Crippen LogP contribution < -0.4 is 15.8 Å². The molecule has 0 amide bonds. The third-order valence-corrected chi connectivity index (χ3v) is 5.18. The molecular formula is C24H29N7O2. The van der Waals surface area contributed by atoms with Gasteiger partial charge in [0, 0.05) is 18.8 Å². The maximum Gasteiger partial charge on any atom is 0.222 e. The number of aliphatic hydroxyl groups is 1. The molecule has 0 saturated heterocycles. The topological polar surface area (TPSA) is 124 Å². The highest BCUT2D eigenvalue weighted by molar-refractivity contribution is 5.85. The number of fused-ring (bicyclic) bond motifs is 1. The van der Waals surface area contributed by atoms with E-state index in [1.54, 1.807) is 24.7 Å². The van der Waals surface area contributed by atoms with Crippen molar-refractivity contribution >= 4 is 22.8 Å². The third-order valence-electron chi connectivity index (χ3n) is 5.18. The summed E-state index contributed by atoms with van der Waals surface area (Å²) in [4.78, 5) is 13.0. The second kappa shape index (κ2) is 9.41. The first kappa shape index (κ1) is 22.5. The van der Waals surface area contributed by atoms with E-state index in [9.17, 15) is 5.11 Å². The van der Waals surface area contributed by atoms with Crippen molar-refractivity contribution in [2.75, 3.05) is 17.6 Å². The summed E-state index contributed by atoms with van der Waals surface area (Å²) >= 11 is 0. The van der Waals surface area contributed by atoms with Gasteiger partial charge in [-0.15, -0.1) is 0 Å². The first-order valence-electron chi connectivity index (χ1n) is 11.0. The molecule has 9 nitrogen and oxygen atoms in total. The minimum atomic E-state index is -0.890. The number of ether oxygens (including phenoxy) is 1. The fourth-order valence-electron chi connectivity index (χ4n) is 3.37. The predicted molar refractivity (Wildman–Crippen MR) is 128 cm³/mol. The number of rotatable bonds is 9. The second-order valence-corrected chi connectivity index (χ2v) is 8.46. The van der Waals surface area contributed by atoms with Crippen LogP contribution in [0.4, 0.5) is 11.8 Å². The number of hydrogen-bond donors (Lipinski definition) is 3. The normalized spacial score (nSPS) is 11.6. The average Bonchev–Trinajstić information content (AvgIpc) is 3.17. The van der Waals surface area contributed by atoms with Gasteiger partial charge in [0.25, 0.3) is 0 Å². The summed E-state index contributed by atoms with van der Waals surface area (Å²) < 4.78 is 7.62. The molecule has 3 aromatic heterocycles. The molecule has 4 N–H and O–H groups in total. The van der Waals surface area contributed by atoms with Gasteiger partial charge in [-0.25, -0.2) is 9.97 Å². The van der Waals surface area contributed by atoms with Crippen molar-refractivity contribution in [3.8, 4) is 11.6 Å². The largest absolute Gasteiger partial charge is 0.439 e. The van der Waals surface area contributed by atoms with E-state index >= 15 is 0 Å². The number of nitrogen functional groups attached to an aromatic ring is 1. The Labute approximate surface area is 192 Å². The fourth-order valence-corrected chi connectivity index (χ4v) is 3.37. The highest BCUT2D eigenvalue weighted by Gasteiger charge is 2.15. The molecule has 172 valence electrons. The van der Waals surface area contributed by atoms with Crippen LogP contribution >= 0.6 is 0 Å². The lowest BCUT2D eigenvalue weighted by Crippen LogP contribution is -2.14. The van der Waals surface area contributed by atoms with Crippen molar-refractivity contribution in [3.05, 3.63) is 59.9 Å². The van der Waals surface area contributed by atoms with Gasteiger partial charge in [0.05, 0.1) is 18.3 Å². The molecule has 0 saturated carbocycles. The van der Waals surface area contributed by atoms with Gasteiger partial charge in [-0.1, -0.05) is 31.5 Å². The Morgan fingerprint density at radius 3 is 2.58 bits per heavy atom. The Bertz CT molecular complexity index is 1210. The van der Waals surface area contributed by atoms with E-state index in [0.29, 0.717) is 35.0 Å². The van der Waals surface area contributed by atoms with Crippen LogP contribution in [0.5, 0.6) is 11.6 Å². The van der Waals surface area contributed by atoms with Crippen molar-refractivity contribution in [1.29, 1.82) is 0 Å².